The molecule has 0 spiro atoms. The number of morpholine rings is 1. The Hall–Kier alpha value is -1.79. The van der Waals surface area contributed by atoms with Gasteiger partial charge in [0.25, 0.3) is 0 Å². The number of benzene rings is 1. The summed E-state index contributed by atoms with van der Waals surface area (Å²) in [5.41, 5.74) is 2.20. The lowest BCUT2D eigenvalue weighted by Gasteiger charge is -2.30. The monoisotopic (exact) mass is 308 g/mol. The number of methoxy groups -OCH3 is 1. The molecule has 1 saturated heterocycles. The van der Waals surface area contributed by atoms with Crippen LogP contribution in [-0.2, 0) is 16.1 Å². The number of hydrogen-bond acceptors (Lipinski definition) is 5. The lowest BCUT2D eigenvalue weighted by Crippen LogP contribution is -2.36. The van der Waals surface area contributed by atoms with Crippen molar-refractivity contribution in [2.24, 2.45) is 0 Å². The summed E-state index contributed by atoms with van der Waals surface area (Å²) in [5, 5.41) is 8.73. The molecule has 0 unspecified atom stereocenters. The van der Waals surface area contributed by atoms with Gasteiger partial charge in [-0.05, 0) is 24.7 Å². The van der Waals surface area contributed by atoms with E-state index in [0.717, 1.165) is 43.3 Å². The molecule has 0 aliphatic carbocycles. The normalized spacial score (nSPS) is 15.1. The summed E-state index contributed by atoms with van der Waals surface area (Å²) in [5.74, 6) is 0.0816. The Bertz CT molecular complexity index is 501. The number of carbonyl (C=O) groups is 1. The van der Waals surface area contributed by atoms with Gasteiger partial charge in [0.1, 0.15) is 5.75 Å². The first kappa shape index (κ1) is 16.6. The average Bonchev–Trinajstić information content (AvgIpc) is 2.53. The quantitative estimate of drug-likeness (QED) is 0.822. The SMILES string of the molecule is COc1cc(CN(C)CCC(=O)O)ccc1N1CCOCC1. The molecule has 0 bridgehead atoms. The highest BCUT2D eigenvalue weighted by Gasteiger charge is 2.16. The fourth-order valence-electron chi connectivity index (χ4n) is 2.56. The van der Waals surface area contributed by atoms with Crippen LogP contribution in [0.3, 0.4) is 0 Å². The highest BCUT2D eigenvalue weighted by atomic mass is 16.5. The second-order valence-electron chi connectivity index (χ2n) is 5.49. The van der Waals surface area contributed by atoms with E-state index in [2.05, 4.69) is 17.0 Å². The predicted octanol–water partition coefficient (Wildman–Crippen LogP) is 1.44. The molecule has 0 amide bonds. The van der Waals surface area contributed by atoms with Crippen LogP contribution in [-0.4, -0.2) is 63.0 Å². The van der Waals surface area contributed by atoms with Crippen LogP contribution in [0.5, 0.6) is 5.75 Å². The van der Waals surface area contributed by atoms with E-state index in [1.165, 1.54) is 0 Å². The van der Waals surface area contributed by atoms with Crippen molar-refractivity contribution in [3.05, 3.63) is 23.8 Å². The zero-order valence-corrected chi connectivity index (χ0v) is 13.2. The molecule has 122 valence electrons. The van der Waals surface area contributed by atoms with Crippen LogP contribution in [0, 0.1) is 0 Å². The number of hydrogen-bond donors (Lipinski definition) is 1. The number of aliphatic carboxylic acids is 1. The van der Waals surface area contributed by atoms with Crippen molar-refractivity contribution >= 4 is 11.7 Å². The largest absolute Gasteiger partial charge is 0.495 e. The first-order chi connectivity index (χ1) is 10.6. The molecular formula is C16H24N2O4. The molecule has 0 atom stereocenters. The predicted molar refractivity (Wildman–Crippen MR) is 84.6 cm³/mol. The first-order valence-electron chi connectivity index (χ1n) is 7.50. The highest BCUT2D eigenvalue weighted by molar-refractivity contribution is 5.66. The fourth-order valence-corrected chi connectivity index (χ4v) is 2.56. The maximum Gasteiger partial charge on any atom is 0.304 e. The van der Waals surface area contributed by atoms with Gasteiger partial charge < -0.3 is 24.4 Å². The molecule has 22 heavy (non-hydrogen) atoms. The van der Waals surface area contributed by atoms with E-state index in [1.807, 2.05) is 18.0 Å². The highest BCUT2D eigenvalue weighted by Crippen LogP contribution is 2.30. The number of carboxylic acids is 1. The Balaban J connectivity index is 2.03. The standard InChI is InChI=1S/C16H24N2O4/c1-17(6-5-16(19)20)12-13-3-4-14(15(11-13)21-2)18-7-9-22-10-8-18/h3-4,11H,5-10,12H2,1-2H3,(H,19,20). The van der Waals surface area contributed by atoms with Crippen LogP contribution < -0.4 is 9.64 Å². The third kappa shape index (κ3) is 4.61. The lowest BCUT2D eigenvalue weighted by atomic mass is 10.1. The summed E-state index contributed by atoms with van der Waals surface area (Å²) >= 11 is 0. The summed E-state index contributed by atoms with van der Waals surface area (Å²) in [7, 11) is 3.60. The van der Waals surface area contributed by atoms with Crippen molar-refractivity contribution in [3.63, 3.8) is 0 Å². The van der Waals surface area contributed by atoms with Crippen LogP contribution in [0.25, 0.3) is 0 Å². The molecule has 6 nitrogen and oxygen atoms in total. The molecule has 0 saturated carbocycles. The minimum absolute atomic E-state index is 0.152. The number of carboxylic acid groups (broad SMARTS) is 1. The van der Waals surface area contributed by atoms with Crippen molar-refractivity contribution in [3.8, 4) is 5.75 Å². The van der Waals surface area contributed by atoms with Gasteiger partial charge in [-0.2, -0.15) is 0 Å². The van der Waals surface area contributed by atoms with E-state index >= 15 is 0 Å². The van der Waals surface area contributed by atoms with Gasteiger partial charge in [0.05, 0.1) is 32.4 Å². The maximum absolute atomic E-state index is 10.6. The van der Waals surface area contributed by atoms with Crippen LogP contribution in [0.2, 0.25) is 0 Å². The molecule has 6 heteroatoms. The first-order valence-corrected chi connectivity index (χ1v) is 7.50. The number of ether oxygens (including phenoxy) is 2. The lowest BCUT2D eigenvalue weighted by molar-refractivity contribution is -0.137. The van der Waals surface area contributed by atoms with Crippen LogP contribution >= 0.6 is 0 Å². The summed E-state index contributed by atoms with van der Waals surface area (Å²) in [6.45, 7) is 4.45. The van der Waals surface area contributed by atoms with E-state index in [1.54, 1.807) is 7.11 Å². The van der Waals surface area contributed by atoms with Crippen molar-refractivity contribution in [2.45, 2.75) is 13.0 Å². The van der Waals surface area contributed by atoms with Gasteiger partial charge >= 0.3 is 5.97 Å². The molecule has 0 aromatic heterocycles. The second kappa shape index (κ2) is 8.00. The van der Waals surface area contributed by atoms with Gasteiger partial charge in [0.2, 0.25) is 0 Å². The molecule has 1 aliphatic rings. The molecule has 1 fully saturated rings. The Morgan fingerprint density at radius 2 is 2.14 bits per heavy atom. The van der Waals surface area contributed by atoms with E-state index in [-0.39, 0.29) is 6.42 Å². The minimum atomic E-state index is -0.771. The smallest absolute Gasteiger partial charge is 0.304 e. The fraction of sp³-hybridized carbons (Fsp3) is 0.562. The summed E-state index contributed by atoms with van der Waals surface area (Å²) in [4.78, 5) is 14.9. The van der Waals surface area contributed by atoms with Crippen molar-refractivity contribution in [1.82, 2.24) is 4.90 Å². The van der Waals surface area contributed by atoms with E-state index < -0.39 is 5.97 Å². The molecule has 1 heterocycles. The Morgan fingerprint density at radius 3 is 2.77 bits per heavy atom. The average molecular weight is 308 g/mol. The van der Waals surface area contributed by atoms with Gasteiger partial charge in [-0.15, -0.1) is 0 Å². The second-order valence-corrected chi connectivity index (χ2v) is 5.49. The van der Waals surface area contributed by atoms with Gasteiger partial charge in [-0.3, -0.25) is 4.79 Å². The van der Waals surface area contributed by atoms with E-state index in [9.17, 15) is 4.79 Å². The van der Waals surface area contributed by atoms with Crippen molar-refractivity contribution in [2.75, 3.05) is 51.9 Å². The molecule has 2 rings (SSSR count). The molecule has 1 N–H and O–H groups in total. The summed E-state index contributed by atoms with van der Waals surface area (Å²) in [6.07, 6.45) is 0.152. The zero-order chi connectivity index (χ0) is 15.9. The molecule has 1 aliphatic heterocycles. The molecule has 0 radical (unpaired) electrons. The third-order valence-corrected chi connectivity index (χ3v) is 3.76. The molecular weight excluding hydrogens is 284 g/mol. The number of rotatable bonds is 7. The van der Waals surface area contributed by atoms with Crippen molar-refractivity contribution < 1.29 is 19.4 Å². The van der Waals surface area contributed by atoms with Gasteiger partial charge in [-0.25, -0.2) is 0 Å². The van der Waals surface area contributed by atoms with E-state index in [0.29, 0.717) is 13.1 Å². The minimum Gasteiger partial charge on any atom is -0.495 e. The van der Waals surface area contributed by atoms with Gasteiger partial charge in [0.15, 0.2) is 0 Å². The maximum atomic E-state index is 10.6. The van der Waals surface area contributed by atoms with Crippen LogP contribution in [0.1, 0.15) is 12.0 Å². The summed E-state index contributed by atoms with van der Waals surface area (Å²) in [6, 6.07) is 6.18. The van der Waals surface area contributed by atoms with Crippen molar-refractivity contribution in [1.29, 1.82) is 0 Å². The zero-order valence-electron chi connectivity index (χ0n) is 13.2. The van der Waals surface area contributed by atoms with E-state index in [4.69, 9.17) is 14.6 Å². The Morgan fingerprint density at radius 1 is 1.41 bits per heavy atom. The Kier molecular flexibility index (Phi) is 6.03. The topological polar surface area (TPSA) is 62.2 Å². The van der Waals surface area contributed by atoms with Gasteiger partial charge in [0, 0.05) is 26.2 Å². The Labute approximate surface area is 131 Å². The molecule has 1 aromatic carbocycles. The van der Waals surface area contributed by atoms with Gasteiger partial charge in [-0.1, -0.05) is 6.07 Å². The molecule has 1 aromatic rings. The third-order valence-electron chi connectivity index (χ3n) is 3.76. The number of nitrogens with zero attached hydrogens (tertiary/aromatic N) is 2. The van der Waals surface area contributed by atoms with Crippen LogP contribution in [0.4, 0.5) is 5.69 Å². The summed E-state index contributed by atoms with van der Waals surface area (Å²) < 4.78 is 10.9. The number of anilines is 1. The van der Waals surface area contributed by atoms with Crippen LogP contribution in [0.15, 0.2) is 18.2 Å².